The van der Waals surface area contributed by atoms with Gasteiger partial charge in [0.2, 0.25) is 0 Å². The molecule has 0 fully saturated rings. The van der Waals surface area contributed by atoms with E-state index in [2.05, 4.69) is 15.3 Å². The Kier molecular flexibility index (Phi) is 4.81. The Balaban J connectivity index is 1.73. The van der Waals surface area contributed by atoms with Gasteiger partial charge in [-0.15, -0.1) is 0 Å². The first-order valence-electron chi connectivity index (χ1n) is 7.29. The molecule has 0 atom stereocenters. The van der Waals surface area contributed by atoms with Crippen LogP contribution in [0.2, 0.25) is 0 Å². The number of hydrogen-bond donors (Lipinski definition) is 1. The van der Waals surface area contributed by atoms with Gasteiger partial charge in [0, 0.05) is 35.9 Å². The maximum absolute atomic E-state index is 13.2. The van der Waals surface area contributed by atoms with Crippen molar-refractivity contribution in [2.75, 3.05) is 13.2 Å². The topological polar surface area (TPSA) is 64.1 Å². The monoisotopic (exact) mass is 357 g/mol. The molecule has 1 aliphatic heterocycles. The van der Waals surface area contributed by atoms with Gasteiger partial charge in [0.05, 0.1) is 18.9 Å². The third kappa shape index (κ3) is 3.73. The molecule has 0 aromatic carbocycles. The van der Waals surface area contributed by atoms with Crippen molar-refractivity contribution in [3.05, 3.63) is 45.2 Å². The fourth-order valence-electron chi connectivity index (χ4n) is 2.41. The molecule has 3 rings (SSSR count). The van der Waals surface area contributed by atoms with Crippen molar-refractivity contribution in [1.29, 1.82) is 0 Å². The number of fused-ring (bicyclic) bond motifs is 1. The normalized spacial score (nSPS) is 14.3. The highest BCUT2D eigenvalue weighted by Crippen LogP contribution is 2.33. The van der Waals surface area contributed by atoms with Crippen molar-refractivity contribution in [1.82, 2.24) is 15.3 Å². The molecule has 24 heavy (non-hydrogen) atoms. The summed E-state index contributed by atoms with van der Waals surface area (Å²) in [7, 11) is 0. The van der Waals surface area contributed by atoms with E-state index in [1.54, 1.807) is 16.8 Å². The van der Waals surface area contributed by atoms with E-state index >= 15 is 0 Å². The summed E-state index contributed by atoms with van der Waals surface area (Å²) in [5.41, 5.74) is -0.0200. The molecule has 0 saturated heterocycles. The average Bonchev–Trinajstić information content (AvgIpc) is 3.07. The molecular weight excluding hydrogens is 343 g/mol. The van der Waals surface area contributed by atoms with E-state index in [0.717, 1.165) is 0 Å². The fraction of sp³-hybridized carbons (Fsp3) is 0.400. The van der Waals surface area contributed by atoms with E-state index in [-0.39, 0.29) is 36.9 Å². The molecule has 1 amide bonds. The maximum atomic E-state index is 13.2. The van der Waals surface area contributed by atoms with Gasteiger partial charge < -0.3 is 10.1 Å². The van der Waals surface area contributed by atoms with Crippen molar-refractivity contribution in [2.45, 2.75) is 25.6 Å². The molecule has 2 aromatic heterocycles. The van der Waals surface area contributed by atoms with E-state index in [4.69, 9.17) is 4.74 Å². The van der Waals surface area contributed by atoms with Crippen LogP contribution in [0, 0.1) is 0 Å². The predicted octanol–water partition coefficient (Wildman–Crippen LogP) is 2.60. The molecule has 0 radical (unpaired) electrons. The fourth-order valence-corrected chi connectivity index (χ4v) is 3.05. The van der Waals surface area contributed by atoms with Crippen LogP contribution in [0.25, 0.3) is 0 Å². The lowest BCUT2D eigenvalue weighted by molar-refractivity contribution is -0.143. The second kappa shape index (κ2) is 6.86. The number of carbonyl (C=O) groups is 1. The molecular formula is C15H14F3N3O2S. The Morgan fingerprint density at radius 3 is 2.92 bits per heavy atom. The summed E-state index contributed by atoms with van der Waals surface area (Å²) in [5, 5.41) is 6.13. The first-order valence-corrected chi connectivity index (χ1v) is 8.23. The molecule has 0 bridgehead atoms. The van der Waals surface area contributed by atoms with Crippen molar-refractivity contribution in [2.24, 2.45) is 0 Å². The zero-order valence-corrected chi connectivity index (χ0v) is 13.3. The SMILES string of the molecule is O=C(NCCc1nc2c(c(C(F)(F)F)n1)COCC2)c1ccsc1. The molecule has 5 nitrogen and oxygen atoms in total. The van der Waals surface area contributed by atoms with Gasteiger partial charge in [-0.05, 0) is 11.4 Å². The Hall–Kier alpha value is -2.00. The van der Waals surface area contributed by atoms with Gasteiger partial charge in [-0.25, -0.2) is 9.97 Å². The Morgan fingerprint density at radius 1 is 1.38 bits per heavy atom. The zero-order chi connectivity index (χ0) is 17.2. The number of nitrogens with one attached hydrogen (secondary N) is 1. The average molecular weight is 357 g/mol. The number of rotatable bonds is 4. The van der Waals surface area contributed by atoms with Gasteiger partial charge in [0.1, 0.15) is 5.82 Å². The van der Waals surface area contributed by atoms with E-state index in [9.17, 15) is 18.0 Å². The molecule has 2 aromatic rings. The second-order valence-electron chi connectivity index (χ2n) is 5.23. The largest absolute Gasteiger partial charge is 0.433 e. The molecule has 0 aliphatic carbocycles. The lowest BCUT2D eigenvalue weighted by Crippen LogP contribution is -2.27. The highest BCUT2D eigenvalue weighted by molar-refractivity contribution is 7.08. The van der Waals surface area contributed by atoms with Gasteiger partial charge in [0.15, 0.2) is 5.69 Å². The Bertz CT molecular complexity index is 732. The van der Waals surface area contributed by atoms with Crippen molar-refractivity contribution >= 4 is 17.2 Å². The number of carbonyl (C=O) groups excluding carboxylic acids is 1. The summed E-state index contributed by atoms with van der Waals surface area (Å²) in [5.74, 6) is -0.188. The summed E-state index contributed by atoms with van der Waals surface area (Å²) >= 11 is 1.40. The summed E-state index contributed by atoms with van der Waals surface area (Å²) < 4.78 is 44.6. The minimum atomic E-state index is -4.55. The summed E-state index contributed by atoms with van der Waals surface area (Å²) in [6.45, 7) is 0.385. The number of nitrogens with zero attached hydrogens (tertiary/aromatic N) is 2. The number of halogens is 3. The highest BCUT2D eigenvalue weighted by atomic mass is 32.1. The number of alkyl halides is 3. The molecule has 1 aliphatic rings. The van der Waals surface area contributed by atoms with Crippen LogP contribution in [0.3, 0.4) is 0 Å². The number of ether oxygens (including phenoxy) is 1. The van der Waals surface area contributed by atoms with Crippen molar-refractivity contribution in [3.63, 3.8) is 0 Å². The number of thiophene rings is 1. The van der Waals surface area contributed by atoms with Gasteiger partial charge in [-0.2, -0.15) is 24.5 Å². The quantitative estimate of drug-likeness (QED) is 0.914. The third-order valence-electron chi connectivity index (χ3n) is 3.55. The van der Waals surface area contributed by atoms with Crippen LogP contribution in [0.15, 0.2) is 16.8 Å². The molecule has 0 unspecified atom stereocenters. The highest BCUT2D eigenvalue weighted by Gasteiger charge is 2.38. The molecule has 3 heterocycles. The summed E-state index contributed by atoms with van der Waals surface area (Å²) in [6, 6.07) is 1.68. The zero-order valence-electron chi connectivity index (χ0n) is 12.5. The van der Waals surface area contributed by atoms with Gasteiger partial charge >= 0.3 is 6.18 Å². The van der Waals surface area contributed by atoms with Gasteiger partial charge in [-0.1, -0.05) is 0 Å². The van der Waals surface area contributed by atoms with E-state index in [0.29, 0.717) is 24.3 Å². The minimum Gasteiger partial charge on any atom is -0.376 e. The predicted molar refractivity (Wildman–Crippen MR) is 80.8 cm³/mol. The lowest BCUT2D eigenvalue weighted by Gasteiger charge is -2.20. The minimum absolute atomic E-state index is 0.0137. The van der Waals surface area contributed by atoms with E-state index in [1.807, 2.05) is 0 Å². The smallest absolute Gasteiger partial charge is 0.376 e. The molecule has 0 saturated carbocycles. The van der Waals surface area contributed by atoms with E-state index in [1.165, 1.54) is 11.3 Å². The lowest BCUT2D eigenvalue weighted by atomic mass is 10.1. The van der Waals surface area contributed by atoms with Gasteiger partial charge in [-0.3, -0.25) is 4.79 Å². The summed E-state index contributed by atoms with van der Waals surface area (Å²) in [6.07, 6.45) is -4.09. The summed E-state index contributed by atoms with van der Waals surface area (Å²) in [4.78, 5) is 19.7. The number of amides is 1. The van der Waals surface area contributed by atoms with Crippen LogP contribution in [0.1, 0.15) is 33.1 Å². The first-order chi connectivity index (χ1) is 11.4. The maximum Gasteiger partial charge on any atom is 0.433 e. The number of hydrogen-bond acceptors (Lipinski definition) is 5. The van der Waals surface area contributed by atoms with Crippen LogP contribution in [-0.4, -0.2) is 29.0 Å². The van der Waals surface area contributed by atoms with Crippen LogP contribution in [0.5, 0.6) is 0 Å². The molecule has 9 heteroatoms. The third-order valence-corrected chi connectivity index (χ3v) is 4.24. The van der Waals surface area contributed by atoms with Crippen LogP contribution < -0.4 is 5.32 Å². The van der Waals surface area contributed by atoms with Crippen molar-refractivity contribution < 1.29 is 22.7 Å². The van der Waals surface area contributed by atoms with Gasteiger partial charge in [0.25, 0.3) is 5.91 Å². The van der Waals surface area contributed by atoms with Crippen LogP contribution in [0.4, 0.5) is 13.2 Å². The molecule has 0 spiro atoms. The standard InChI is InChI=1S/C15H14F3N3O2S/c16-15(17,18)13-10-7-23-5-2-11(10)20-12(21-13)1-4-19-14(22)9-3-6-24-8-9/h3,6,8H,1-2,4-5,7H2,(H,19,22). The Labute approximate surface area is 139 Å². The molecule has 1 N–H and O–H groups in total. The second-order valence-corrected chi connectivity index (χ2v) is 6.01. The number of aromatic nitrogens is 2. The first kappa shape index (κ1) is 16.8. The molecule has 128 valence electrons. The van der Waals surface area contributed by atoms with Crippen LogP contribution >= 0.6 is 11.3 Å². The van der Waals surface area contributed by atoms with Crippen molar-refractivity contribution in [3.8, 4) is 0 Å². The van der Waals surface area contributed by atoms with E-state index < -0.39 is 11.9 Å². The Morgan fingerprint density at radius 2 is 2.21 bits per heavy atom. The van der Waals surface area contributed by atoms with Crippen LogP contribution in [-0.2, 0) is 30.4 Å².